The van der Waals surface area contributed by atoms with Gasteiger partial charge in [-0.1, -0.05) is 0 Å². The third kappa shape index (κ3) is 4.54. The number of nitrogen functional groups attached to an aromatic ring is 1. The van der Waals surface area contributed by atoms with Gasteiger partial charge in [-0.15, -0.1) is 0 Å². The number of hydrogen-bond acceptors (Lipinski definition) is 11. The number of hydrogen-bond donors (Lipinski definition) is 2. The lowest BCUT2D eigenvalue weighted by atomic mass is 10.1. The van der Waals surface area contributed by atoms with Crippen molar-refractivity contribution in [1.29, 1.82) is 0 Å². The summed E-state index contributed by atoms with van der Waals surface area (Å²) in [6, 6.07) is 2.90. The highest BCUT2D eigenvalue weighted by Gasteiger charge is 2.47. The number of rotatable bonds is 6. The van der Waals surface area contributed by atoms with Gasteiger partial charge in [-0.05, 0) is 18.2 Å². The van der Waals surface area contributed by atoms with Gasteiger partial charge in [0.2, 0.25) is 0 Å². The molecule has 2 fully saturated rings. The summed E-state index contributed by atoms with van der Waals surface area (Å²) in [7, 11) is -2.79. The van der Waals surface area contributed by atoms with Gasteiger partial charge in [0.1, 0.15) is 41.8 Å². The number of halogens is 2. The number of aliphatic hydroxyl groups is 1. The van der Waals surface area contributed by atoms with Crippen molar-refractivity contribution in [3.8, 4) is 0 Å². The van der Waals surface area contributed by atoms with Crippen molar-refractivity contribution in [2.75, 3.05) is 26.1 Å². The summed E-state index contributed by atoms with van der Waals surface area (Å²) in [5, 5.41) is 10.8. The predicted molar refractivity (Wildman–Crippen MR) is 115 cm³/mol. The Hall–Kier alpha value is -2.58. The number of nitrogens with zero attached hydrogens (tertiary/aromatic N) is 4. The average Bonchev–Trinajstić information content (AvgIpc) is 3.40. The maximum absolute atomic E-state index is 14.2. The van der Waals surface area contributed by atoms with E-state index in [0.717, 1.165) is 18.2 Å². The van der Waals surface area contributed by atoms with E-state index in [0.29, 0.717) is 11.2 Å². The zero-order valence-electron chi connectivity index (χ0n) is 18.4. The minimum atomic E-state index is -4.18. The number of fused-ring (bicyclic) bond motifs is 1. The van der Waals surface area contributed by atoms with Gasteiger partial charge in [0.05, 0.1) is 25.6 Å². The second kappa shape index (κ2) is 9.47. The first-order valence-corrected chi connectivity index (χ1v) is 12.1. The Bertz CT molecular complexity index is 1280. The van der Waals surface area contributed by atoms with Gasteiger partial charge in [-0.3, -0.25) is 18.1 Å². The molecular weight excluding hydrogens is 491 g/mol. The van der Waals surface area contributed by atoms with Gasteiger partial charge < -0.3 is 20.3 Å². The molecule has 6 atom stereocenters. The van der Waals surface area contributed by atoms with E-state index < -0.39 is 56.7 Å². The smallest absolute Gasteiger partial charge is 0.387 e. The van der Waals surface area contributed by atoms with Crippen LogP contribution in [-0.2, 0) is 27.6 Å². The monoisotopic (exact) mass is 513 g/mol. The Balaban J connectivity index is 1.30. The molecule has 0 radical (unpaired) electrons. The summed E-state index contributed by atoms with van der Waals surface area (Å²) >= 11 is 0. The molecule has 15 heteroatoms. The molecule has 12 nitrogen and oxygen atoms in total. The number of aliphatic hydroxyl groups excluding tert-OH is 1. The van der Waals surface area contributed by atoms with Crippen molar-refractivity contribution in [2.24, 2.45) is 0 Å². The number of phosphoric acid groups is 1. The molecule has 2 aliphatic rings. The van der Waals surface area contributed by atoms with Crippen LogP contribution in [0, 0.1) is 11.6 Å². The minimum Gasteiger partial charge on any atom is -0.387 e. The van der Waals surface area contributed by atoms with E-state index in [1.807, 2.05) is 0 Å². The molecular formula is C20H22F2N5O7P. The van der Waals surface area contributed by atoms with Crippen molar-refractivity contribution >= 4 is 24.8 Å². The number of nitrogens with two attached hydrogens (primary N) is 1. The number of ether oxygens (including phenoxy) is 2. The maximum Gasteiger partial charge on any atom is 0.475 e. The Morgan fingerprint density at radius 1 is 1.31 bits per heavy atom. The van der Waals surface area contributed by atoms with Crippen LogP contribution in [0.2, 0.25) is 0 Å². The summed E-state index contributed by atoms with van der Waals surface area (Å²) in [6.07, 6.45) is -2.14. The third-order valence-corrected chi connectivity index (χ3v) is 7.31. The minimum absolute atomic E-state index is 0.0720. The summed E-state index contributed by atoms with van der Waals surface area (Å²) < 4.78 is 69.7. The van der Waals surface area contributed by atoms with Gasteiger partial charge in [-0.2, -0.15) is 0 Å². The molecule has 4 heterocycles. The van der Waals surface area contributed by atoms with Gasteiger partial charge in [-0.25, -0.2) is 28.3 Å². The third-order valence-electron chi connectivity index (χ3n) is 5.83. The van der Waals surface area contributed by atoms with Crippen LogP contribution < -0.4 is 5.73 Å². The molecule has 3 aromatic rings. The van der Waals surface area contributed by atoms with Crippen LogP contribution in [-0.4, -0.2) is 63.3 Å². The topological polar surface area (TPSA) is 153 Å². The zero-order valence-corrected chi connectivity index (χ0v) is 19.3. The number of methoxy groups -OCH3 is 1. The van der Waals surface area contributed by atoms with Crippen LogP contribution in [0.25, 0.3) is 11.2 Å². The Morgan fingerprint density at radius 2 is 2.14 bits per heavy atom. The van der Waals surface area contributed by atoms with Crippen LogP contribution in [0.5, 0.6) is 0 Å². The lowest BCUT2D eigenvalue weighted by Gasteiger charge is -2.30. The molecule has 35 heavy (non-hydrogen) atoms. The molecule has 0 bridgehead atoms. The van der Waals surface area contributed by atoms with E-state index in [-0.39, 0.29) is 24.4 Å². The van der Waals surface area contributed by atoms with Crippen LogP contribution in [0.1, 0.15) is 24.3 Å². The highest BCUT2D eigenvalue weighted by atomic mass is 31.2. The fourth-order valence-corrected chi connectivity index (χ4v) is 5.49. The highest BCUT2D eigenvalue weighted by molar-refractivity contribution is 7.48. The van der Waals surface area contributed by atoms with E-state index in [9.17, 15) is 18.5 Å². The molecule has 0 spiro atoms. The Morgan fingerprint density at radius 3 is 2.94 bits per heavy atom. The van der Waals surface area contributed by atoms with Crippen LogP contribution >= 0.6 is 7.82 Å². The van der Waals surface area contributed by atoms with Crippen molar-refractivity contribution in [3.63, 3.8) is 0 Å². The molecule has 1 aromatic carbocycles. The molecule has 2 saturated heterocycles. The largest absolute Gasteiger partial charge is 0.475 e. The lowest BCUT2D eigenvalue weighted by Crippen LogP contribution is -2.35. The molecule has 4 unspecified atom stereocenters. The standard InChI is InChI=1S/C20H22F2N5O7P/c1-30-17-16(28)14(33-20(17)27-9-26-15-18(23)24-8-25-19(15)27)7-32-35(29)31-5-4-13(34-35)11-6-10(21)2-3-12(11)22/h2-3,6,8-9,13-14,16-17,20,28H,4-5,7H2,1H3,(H2,23,24,25)/t13?,14-,16?,17?,20-,35?/m1/s1. The molecule has 0 saturated carbocycles. The van der Waals surface area contributed by atoms with Crippen LogP contribution in [0.15, 0.2) is 30.9 Å². The normalized spacial score (nSPS) is 31.3. The van der Waals surface area contributed by atoms with Crippen molar-refractivity contribution < 1.29 is 41.5 Å². The first kappa shape index (κ1) is 24.1. The molecule has 5 rings (SSSR count). The summed E-state index contributed by atoms with van der Waals surface area (Å²) in [4.78, 5) is 12.2. The highest BCUT2D eigenvalue weighted by Crippen LogP contribution is 2.57. The second-order valence-corrected chi connectivity index (χ2v) is 9.59. The van der Waals surface area contributed by atoms with Crippen molar-refractivity contribution in [3.05, 3.63) is 48.1 Å². The molecule has 2 aliphatic heterocycles. The number of anilines is 1. The predicted octanol–water partition coefficient (Wildman–Crippen LogP) is 2.26. The second-order valence-electron chi connectivity index (χ2n) is 7.96. The molecule has 0 amide bonds. The number of phosphoric ester groups is 1. The quantitative estimate of drug-likeness (QED) is 0.467. The summed E-state index contributed by atoms with van der Waals surface area (Å²) in [5.74, 6) is -1.19. The van der Waals surface area contributed by atoms with Crippen molar-refractivity contribution in [1.82, 2.24) is 19.5 Å². The van der Waals surface area contributed by atoms with E-state index >= 15 is 0 Å². The SMILES string of the molecule is COC1C(O)[C@@H](COP2(=O)OCCC(c3cc(F)ccc3F)O2)O[C@H]1n1cnc2c(N)ncnc21. The van der Waals surface area contributed by atoms with E-state index in [2.05, 4.69) is 15.0 Å². The number of imidazole rings is 1. The first-order chi connectivity index (χ1) is 16.8. The molecule has 3 N–H and O–H groups in total. The molecule has 0 aliphatic carbocycles. The average molecular weight is 513 g/mol. The fraction of sp³-hybridized carbons (Fsp3) is 0.450. The van der Waals surface area contributed by atoms with Gasteiger partial charge in [0.25, 0.3) is 0 Å². The van der Waals surface area contributed by atoms with Crippen LogP contribution in [0.4, 0.5) is 14.6 Å². The van der Waals surface area contributed by atoms with Gasteiger partial charge >= 0.3 is 7.82 Å². The van der Waals surface area contributed by atoms with E-state index in [4.69, 9.17) is 28.8 Å². The summed E-state index contributed by atoms with van der Waals surface area (Å²) in [6.45, 7) is -0.478. The lowest BCUT2D eigenvalue weighted by molar-refractivity contribution is -0.0627. The van der Waals surface area contributed by atoms with E-state index in [1.165, 1.54) is 24.3 Å². The van der Waals surface area contributed by atoms with Crippen molar-refractivity contribution in [2.45, 2.75) is 37.1 Å². The van der Waals surface area contributed by atoms with E-state index in [1.54, 1.807) is 0 Å². The summed E-state index contributed by atoms with van der Waals surface area (Å²) in [5.41, 5.74) is 6.46. The number of aromatic nitrogens is 4. The van der Waals surface area contributed by atoms with Crippen LogP contribution in [0.3, 0.4) is 0 Å². The zero-order chi connectivity index (χ0) is 24.7. The van der Waals surface area contributed by atoms with Gasteiger partial charge in [0, 0.05) is 19.1 Å². The molecule has 2 aromatic heterocycles. The van der Waals surface area contributed by atoms with Gasteiger partial charge in [0.15, 0.2) is 17.7 Å². The fourth-order valence-electron chi connectivity index (χ4n) is 4.11. The Kier molecular flexibility index (Phi) is 6.53. The first-order valence-electron chi connectivity index (χ1n) is 10.6. The number of benzene rings is 1. The maximum atomic E-state index is 14.2. The Labute approximate surface area is 197 Å². The molecule has 188 valence electrons.